The second-order valence-corrected chi connectivity index (χ2v) is 7.54. The lowest BCUT2D eigenvalue weighted by Gasteiger charge is -2.13. The molecule has 5 nitrogen and oxygen atoms in total. The van der Waals surface area contributed by atoms with Crippen LogP contribution in [0.15, 0.2) is 45.5 Å². The van der Waals surface area contributed by atoms with Crippen molar-refractivity contribution in [3.05, 3.63) is 61.7 Å². The third-order valence-electron chi connectivity index (χ3n) is 3.79. The largest absolute Gasteiger partial charge is 0.493 e. The third-order valence-corrected chi connectivity index (χ3v) is 4.92. The zero-order valence-electron chi connectivity index (χ0n) is 15.1. The minimum Gasteiger partial charge on any atom is -0.493 e. The van der Waals surface area contributed by atoms with Crippen LogP contribution in [0.1, 0.15) is 24.5 Å². The molecule has 3 rings (SSSR count). The Hall–Kier alpha value is -2.02. The molecule has 0 spiro atoms. The maximum atomic E-state index is 12.2. The Morgan fingerprint density at radius 2 is 2.04 bits per heavy atom. The maximum absolute atomic E-state index is 12.2. The molecule has 1 aliphatic heterocycles. The van der Waals surface area contributed by atoms with E-state index in [0.717, 1.165) is 6.42 Å². The number of cyclic esters (lactones) is 1. The predicted octanol–water partition coefficient (Wildman–Crippen LogP) is 5.90. The number of nitrogens with zero attached hydrogens (tertiary/aromatic N) is 1. The van der Waals surface area contributed by atoms with E-state index in [1.54, 1.807) is 37.5 Å². The molecule has 146 valence electrons. The number of hydrogen-bond acceptors (Lipinski definition) is 5. The van der Waals surface area contributed by atoms with Crippen molar-refractivity contribution >= 4 is 57.1 Å². The van der Waals surface area contributed by atoms with Crippen molar-refractivity contribution in [2.24, 2.45) is 4.99 Å². The van der Waals surface area contributed by atoms with Gasteiger partial charge in [-0.3, -0.25) is 0 Å². The van der Waals surface area contributed by atoms with E-state index in [0.29, 0.717) is 43.8 Å². The zero-order chi connectivity index (χ0) is 20.3. The molecule has 8 heteroatoms. The summed E-state index contributed by atoms with van der Waals surface area (Å²) in [4.78, 5) is 16.5. The lowest BCUT2D eigenvalue weighted by Crippen LogP contribution is -2.06. The highest BCUT2D eigenvalue weighted by Gasteiger charge is 2.26. The first kappa shape index (κ1) is 20.7. The summed E-state index contributed by atoms with van der Waals surface area (Å²) >= 11 is 15.6. The SMILES string of the molecule is CCCOc1c(Br)cc(/C=C2\N=C(c3ccc(Cl)cc3Cl)OC2=O)cc1OC. The highest BCUT2D eigenvalue weighted by molar-refractivity contribution is 9.10. The minimum atomic E-state index is -0.567. The Bertz CT molecular complexity index is 988. The number of aliphatic imine (C=N–C) groups is 1. The van der Waals surface area contributed by atoms with Crippen LogP contribution in [0.5, 0.6) is 11.5 Å². The van der Waals surface area contributed by atoms with Crippen LogP contribution in [0.3, 0.4) is 0 Å². The van der Waals surface area contributed by atoms with Gasteiger partial charge in [-0.15, -0.1) is 0 Å². The number of halogens is 3. The van der Waals surface area contributed by atoms with E-state index in [1.807, 2.05) is 13.0 Å². The second kappa shape index (κ2) is 8.99. The number of ether oxygens (including phenoxy) is 3. The van der Waals surface area contributed by atoms with Gasteiger partial charge in [0.1, 0.15) is 0 Å². The lowest BCUT2D eigenvalue weighted by atomic mass is 10.1. The van der Waals surface area contributed by atoms with E-state index in [1.165, 1.54) is 0 Å². The number of hydrogen-bond donors (Lipinski definition) is 0. The first-order valence-corrected chi connectivity index (χ1v) is 9.96. The molecular formula is C20H16BrCl2NO4. The van der Waals surface area contributed by atoms with Gasteiger partial charge >= 0.3 is 5.97 Å². The molecule has 28 heavy (non-hydrogen) atoms. The molecule has 0 N–H and O–H groups in total. The van der Waals surface area contributed by atoms with Gasteiger partial charge < -0.3 is 14.2 Å². The molecule has 0 aromatic heterocycles. The van der Waals surface area contributed by atoms with Crippen LogP contribution in [0.2, 0.25) is 10.0 Å². The van der Waals surface area contributed by atoms with E-state index in [-0.39, 0.29) is 11.6 Å². The number of carbonyl (C=O) groups excluding carboxylic acids is 1. The van der Waals surface area contributed by atoms with E-state index in [2.05, 4.69) is 20.9 Å². The van der Waals surface area contributed by atoms with Crippen molar-refractivity contribution in [1.82, 2.24) is 0 Å². The smallest absolute Gasteiger partial charge is 0.363 e. The van der Waals surface area contributed by atoms with E-state index in [4.69, 9.17) is 37.4 Å². The van der Waals surface area contributed by atoms with Gasteiger partial charge in [-0.25, -0.2) is 9.79 Å². The summed E-state index contributed by atoms with van der Waals surface area (Å²) in [6.07, 6.45) is 2.48. The van der Waals surface area contributed by atoms with Crippen LogP contribution in [0.25, 0.3) is 6.08 Å². The van der Waals surface area contributed by atoms with Crippen LogP contribution in [-0.4, -0.2) is 25.6 Å². The molecule has 1 aliphatic rings. The van der Waals surface area contributed by atoms with Gasteiger partial charge in [0, 0.05) is 5.02 Å². The highest BCUT2D eigenvalue weighted by atomic mass is 79.9. The summed E-state index contributed by atoms with van der Waals surface area (Å²) in [5.41, 5.74) is 1.34. The average molecular weight is 485 g/mol. The summed E-state index contributed by atoms with van der Waals surface area (Å²) in [5.74, 6) is 0.720. The van der Waals surface area contributed by atoms with E-state index in [9.17, 15) is 4.79 Å². The molecule has 2 aromatic carbocycles. The summed E-state index contributed by atoms with van der Waals surface area (Å²) in [6.45, 7) is 2.59. The molecule has 0 unspecified atom stereocenters. The van der Waals surface area contributed by atoms with Gasteiger partial charge in [0.2, 0.25) is 5.90 Å². The number of benzene rings is 2. The van der Waals surface area contributed by atoms with Crippen molar-refractivity contribution < 1.29 is 19.0 Å². The highest BCUT2D eigenvalue weighted by Crippen LogP contribution is 2.37. The Labute approximate surface area is 181 Å². The molecule has 0 atom stereocenters. The Morgan fingerprint density at radius 3 is 2.71 bits per heavy atom. The molecule has 0 aliphatic carbocycles. The van der Waals surface area contributed by atoms with Gasteiger partial charge in [0.15, 0.2) is 17.2 Å². The fourth-order valence-corrected chi connectivity index (χ4v) is 3.58. The van der Waals surface area contributed by atoms with Crippen LogP contribution in [0, 0.1) is 0 Å². The summed E-state index contributed by atoms with van der Waals surface area (Å²) in [5, 5.41) is 0.832. The van der Waals surface area contributed by atoms with Gasteiger partial charge in [-0.05, 0) is 64.3 Å². The van der Waals surface area contributed by atoms with Crippen LogP contribution in [-0.2, 0) is 9.53 Å². The van der Waals surface area contributed by atoms with Crippen molar-refractivity contribution in [1.29, 1.82) is 0 Å². The van der Waals surface area contributed by atoms with E-state index < -0.39 is 5.97 Å². The summed E-state index contributed by atoms with van der Waals surface area (Å²) < 4.78 is 17.1. The monoisotopic (exact) mass is 483 g/mol. The molecule has 0 radical (unpaired) electrons. The van der Waals surface area contributed by atoms with Gasteiger partial charge in [-0.2, -0.15) is 0 Å². The molecular weight excluding hydrogens is 469 g/mol. The number of methoxy groups -OCH3 is 1. The molecule has 0 bridgehead atoms. The number of carbonyl (C=O) groups is 1. The normalized spacial score (nSPS) is 14.8. The van der Waals surface area contributed by atoms with Gasteiger partial charge in [-0.1, -0.05) is 30.1 Å². The lowest BCUT2D eigenvalue weighted by molar-refractivity contribution is -0.129. The molecule has 0 saturated heterocycles. The standard InChI is InChI=1S/C20H16BrCl2NO4/c1-3-6-27-18-14(21)7-11(9-17(18)26-2)8-16-20(25)28-19(24-16)13-5-4-12(22)10-15(13)23/h4-5,7-10H,3,6H2,1-2H3/b16-8-. The van der Waals surface area contributed by atoms with Crippen LogP contribution in [0.4, 0.5) is 0 Å². The second-order valence-electron chi connectivity index (χ2n) is 5.84. The quantitative estimate of drug-likeness (QED) is 0.378. The first-order chi connectivity index (χ1) is 13.4. The third kappa shape index (κ3) is 4.51. The van der Waals surface area contributed by atoms with E-state index >= 15 is 0 Å². The molecule has 0 amide bonds. The maximum Gasteiger partial charge on any atom is 0.363 e. The predicted molar refractivity (Wildman–Crippen MR) is 114 cm³/mol. The summed E-state index contributed by atoms with van der Waals surface area (Å²) in [6, 6.07) is 8.44. The van der Waals surface area contributed by atoms with Crippen LogP contribution >= 0.6 is 39.1 Å². The number of rotatable bonds is 6. The van der Waals surface area contributed by atoms with Gasteiger partial charge in [0.05, 0.1) is 28.8 Å². The zero-order valence-corrected chi connectivity index (χ0v) is 18.2. The molecule has 2 aromatic rings. The first-order valence-electron chi connectivity index (χ1n) is 8.41. The molecule has 0 saturated carbocycles. The molecule has 0 fully saturated rings. The van der Waals surface area contributed by atoms with Gasteiger partial charge in [0.25, 0.3) is 0 Å². The Morgan fingerprint density at radius 1 is 1.25 bits per heavy atom. The minimum absolute atomic E-state index is 0.131. The Kier molecular flexibility index (Phi) is 6.65. The summed E-state index contributed by atoms with van der Waals surface area (Å²) in [7, 11) is 1.56. The van der Waals surface area contributed by atoms with Crippen molar-refractivity contribution in [3.63, 3.8) is 0 Å². The topological polar surface area (TPSA) is 57.1 Å². The average Bonchev–Trinajstić information content (AvgIpc) is 3.00. The van der Waals surface area contributed by atoms with Crippen LogP contribution < -0.4 is 9.47 Å². The van der Waals surface area contributed by atoms with Crippen molar-refractivity contribution in [3.8, 4) is 11.5 Å². The Balaban J connectivity index is 1.95. The fraction of sp³-hybridized carbons (Fsp3) is 0.200. The fourth-order valence-electron chi connectivity index (χ4n) is 2.51. The van der Waals surface area contributed by atoms with Crippen molar-refractivity contribution in [2.45, 2.75) is 13.3 Å². The van der Waals surface area contributed by atoms with Crippen molar-refractivity contribution in [2.75, 3.05) is 13.7 Å². The molecule has 1 heterocycles. The number of esters is 1.